The van der Waals surface area contributed by atoms with Crippen molar-refractivity contribution < 1.29 is 4.79 Å². The van der Waals surface area contributed by atoms with Gasteiger partial charge in [0.2, 0.25) is 0 Å². The molecule has 0 aliphatic carbocycles. The number of ketones is 1. The van der Waals surface area contributed by atoms with Gasteiger partial charge < -0.3 is 11.5 Å². The van der Waals surface area contributed by atoms with Crippen LogP contribution in [0.3, 0.4) is 0 Å². The average Bonchev–Trinajstić information content (AvgIpc) is 2.36. The maximum atomic E-state index is 11.2. The average molecular weight is 171 g/mol. The van der Waals surface area contributed by atoms with Gasteiger partial charge in [0, 0.05) is 0 Å². The van der Waals surface area contributed by atoms with Gasteiger partial charge in [-0.15, -0.1) is 0 Å². The lowest BCUT2D eigenvalue weighted by atomic mass is 10.0. The van der Waals surface area contributed by atoms with E-state index in [0.717, 1.165) is 0 Å². The molecule has 0 unspecified atom stereocenters. The number of hydrogen-bond donors (Lipinski definition) is 4. The standard InChI is InChI=1S/C6H13N5O/c1-5(7,8)4(12)2-3-6(9,10)11-3/h2,7-10H2,1H3. The SMILES string of the molecule is CC(N)(N)C(=O)CC1=NC1(N)N. The van der Waals surface area contributed by atoms with Gasteiger partial charge in [-0.1, -0.05) is 0 Å². The minimum absolute atomic E-state index is 0.0382. The van der Waals surface area contributed by atoms with Crippen molar-refractivity contribution in [1.82, 2.24) is 0 Å². The molecule has 12 heavy (non-hydrogen) atoms. The Labute approximate surface area is 70.0 Å². The quantitative estimate of drug-likeness (QED) is 0.351. The van der Waals surface area contributed by atoms with E-state index in [-0.39, 0.29) is 12.2 Å². The first-order valence-electron chi connectivity index (χ1n) is 3.51. The summed E-state index contributed by atoms with van der Waals surface area (Å²) in [5.41, 5.74) is 20.5. The van der Waals surface area contributed by atoms with E-state index in [1.807, 2.05) is 0 Å². The van der Waals surface area contributed by atoms with Crippen LogP contribution in [0, 0.1) is 0 Å². The summed E-state index contributed by atoms with van der Waals surface area (Å²) < 4.78 is 0. The molecule has 1 rings (SSSR count). The van der Waals surface area contributed by atoms with Gasteiger partial charge >= 0.3 is 0 Å². The number of nitrogens with two attached hydrogens (primary N) is 4. The lowest BCUT2D eigenvalue weighted by Crippen LogP contribution is -2.54. The Morgan fingerprint density at radius 2 is 2.00 bits per heavy atom. The van der Waals surface area contributed by atoms with Gasteiger partial charge in [-0.05, 0) is 6.92 Å². The fourth-order valence-corrected chi connectivity index (χ4v) is 0.719. The van der Waals surface area contributed by atoms with E-state index in [4.69, 9.17) is 22.9 Å². The van der Waals surface area contributed by atoms with Crippen LogP contribution in [-0.4, -0.2) is 22.9 Å². The highest BCUT2D eigenvalue weighted by Gasteiger charge is 2.41. The summed E-state index contributed by atoms with van der Waals surface area (Å²) in [5.74, 6) is -1.44. The number of rotatable bonds is 3. The molecule has 68 valence electrons. The third-order valence-electron chi connectivity index (χ3n) is 1.66. The van der Waals surface area contributed by atoms with Crippen LogP contribution >= 0.6 is 0 Å². The molecule has 6 nitrogen and oxygen atoms in total. The molecule has 0 radical (unpaired) electrons. The minimum Gasteiger partial charge on any atom is -0.307 e. The number of Topliss-reactive ketones (excluding diaryl/α,β-unsaturated/α-hetero) is 1. The Bertz CT molecular complexity index is 249. The second kappa shape index (κ2) is 2.33. The molecule has 0 fully saturated rings. The number of carbonyl (C=O) groups is 1. The van der Waals surface area contributed by atoms with Crippen LogP contribution in [0.2, 0.25) is 0 Å². The van der Waals surface area contributed by atoms with Crippen LogP contribution in [-0.2, 0) is 4.79 Å². The smallest absolute Gasteiger partial charge is 0.199 e. The number of carbonyl (C=O) groups excluding carboxylic acids is 1. The number of hydrogen-bond acceptors (Lipinski definition) is 6. The first kappa shape index (κ1) is 9.27. The molecular weight excluding hydrogens is 158 g/mol. The molecule has 8 N–H and O–H groups in total. The van der Waals surface area contributed by atoms with Gasteiger partial charge in [0.05, 0.1) is 12.1 Å². The van der Waals surface area contributed by atoms with Crippen LogP contribution in [0.1, 0.15) is 13.3 Å². The van der Waals surface area contributed by atoms with Crippen LogP contribution < -0.4 is 22.9 Å². The molecule has 0 atom stereocenters. The van der Waals surface area contributed by atoms with Crippen molar-refractivity contribution in [3.63, 3.8) is 0 Å². The first-order chi connectivity index (χ1) is 5.23. The van der Waals surface area contributed by atoms with Crippen LogP contribution in [0.25, 0.3) is 0 Å². The lowest BCUT2D eigenvalue weighted by Gasteiger charge is -2.15. The summed E-state index contributed by atoms with van der Waals surface area (Å²) in [5, 5.41) is 0. The van der Waals surface area contributed by atoms with Gasteiger partial charge in [-0.3, -0.25) is 16.3 Å². The van der Waals surface area contributed by atoms with Crippen molar-refractivity contribution in [3.8, 4) is 0 Å². The second-order valence-electron chi connectivity index (χ2n) is 3.27. The van der Waals surface area contributed by atoms with E-state index in [2.05, 4.69) is 4.99 Å². The van der Waals surface area contributed by atoms with E-state index < -0.39 is 11.4 Å². The zero-order valence-corrected chi connectivity index (χ0v) is 6.87. The number of aliphatic imine (C=N–C) groups is 1. The van der Waals surface area contributed by atoms with Crippen molar-refractivity contribution >= 4 is 11.5 Å². The normalized spacial score (nSPS) is 20.2. The maximum absolute atomic E-state index is 11.2. The fraction of sp³-hybridized carbons (Fsp3) is 0.667. The molecule has 0 amide bonds. The highest BCUT2D eigenvalue weighted by Crippen LogP contribution is 2.18. The minimum atomic E-state index is -1.33. The molecule has 0 aromatic rings. The van der Waals surface area contributed by atoms with Gasteiger partial charge in [0.1, 0.15) is 5.66 Å². The van der Waals surface area contributed by atoms with E-state index in [1.165, 1.54) is 6.92 Å². The van der Waals surface area contributed by atoms with Crippen molar-refractivity contribution in [1.29, 1.82) is 0 Å². The van der Waals surface area contributed by atoms with Gasteiger partial charge in [0.25, 0.3) is 0 Å². The summed E-state index contributed by atoms with van der Waals surface area (Å²) in [7, 11) is 0. The molecule has 0 aromatic heterocycles. The maximum Gasteiger partial charge on any atom is 0.199 e. The van der Waals surface area contributed by atoms with Crippen LogP contribution in [0.4, 0.5) is 0 Å². The fourth-order valence-electron chi connectivity index (χ4n) is 0.719. The Hall–Kier alpha value is -0.820. The summed E-state index contributed by atoms with van der Waals surface area (Å²) >= 11 is 0. The van der Waals surface area contributed by atoms with Crippen LogP contribution in [0.5, 0.6) is 0 Å². The molecule has 6 heteroatoms. The first-order valence-corrected chi connectivity index (χ1v) is 3.51. The Morgan fingerprint density at radius 1 is 1.58 bits per heavy atom. The molecule has 0 saturated carbocycles. The zero-order chi connectivity index (χ0) is 9.57. The van der Waals surface area contributed by atoms with Crippen molar-refractivity contribution in [3.05, 3.63) is 0 Å². The summed E-state index contributed by atoms with van der Waals surface area (Å²) in [4.78, 5) is 14.8. The van der Waals surface area contributed by atoms with Crippen molar-refractivity contribution in [2.45, 2.75) is 24.8 Å². The van der Waals surface area contributed by atoms with E-state index >= 15 is 0 Å². The Morgan fingerprint density at radius 3 is 2.25 bits per heavy atom. The van der Waals surface area contributed by atoms with Crippen LogP contribution in [0.15, 0.2) is 4.99 Å². The zero-order valence-electron chi connectivity index (χ0n) is 6.87. The van der Waals surface area contributed by atoms with Crippen molar-refractivity contribution in [2.24, 2.45) is 27.9 Å². The Balaban J connectivity index is 2.46. The molecule has 0 bridgehead atoms. The molecule has 0 aromatic carbocycles. The molecule has 0 saturated heterocycles. The molecule has 1 aliphatic heterocycles. The summed E-state index contributed by atoms with van der Waals surface area (Å²) in [6, 6.07) is 0. The molecule has 1 aliphatic rings. The monoisotopic (exact) mass is 171 g/mol. The van der Waals surface area contributed by atoms with E-state index in [1.54, 1.807) is 0 Å². The summed E-state index contributed by atoms with van der Waals surface area (Å²) in [6.07, 6.45) is 0.0382. The van der Waals surface area contributed by atoms with E-state index in [9.17, 15) is 4.79 Å². The third kappa shape index (κ3) is 1.86. The molecule has 0 spiro atoms. The van der Waals surface area contributed by atoms with Gasteiger partial charge in [-0.2, -0.15) is 0 Å². The largest absolute Gasteiger partial charge is 0.307 e. The van der Waals surface area contributed by atoms with Gasteiger partial charge in [-0.25, -0.2) is 4.99 Å². The lowest BCUT2D eigenvalue weighted by molar-refractivity contribution is -0.122. The Kier molecular flexibility index (Phi) is 1.80. The predicted octanol–water partition coefficient (Wildman–Crippen LogP) is -2.39. The highest BCUT2D eigenvalue weighted by atomic mass is 16.1. The van der Waals surface area contributed by atoms with E-state index in [0.29, 0.717) is 5.71 Å². The molecular formula is C6H13N5O. The summed E-state index contributed by atoms with van der Waals surface area (Å²) in [6.45, 7) is 1.42. The third-order valence-corrected chi connectivity index (χ3v) is 1.66. The highest BCUT2D eigenvalue weighted by molar-refractivity contribution is 6.15. The van der Waals surface area contributed by atoms with Gasteiger partial charge in [0.15, 0.2) is 11.6 Å². The van der Waals surface area contributed by atoms with Crippen molar-refractivity contribution in [2.75, 3.05) is 0 Å². The predicted molar refractivity (Wildman–Crippen MR) is 44.9 cm³/mol. The molecule has 1 heterocycles. The second-order valence-corrected chi connectivity index (χ2v) is 3.27. The number of nitrogens with zero attached hydrogens (tertiary/aromatic N) is 1. The topological polar surface area (TPSA) is 134 Å².